The molecule has 0 radical (unpaired) electrons. The van der Waals surface area contributed by atoms with Gasteiger partial charge in [-0.2, -0.15) is 0 Å². The minimum atomic E-state index is -0.392. The average Bonchev–Trinajstić information content (AvgIpc) is 2.52. The number of fused-ring (bicyclic) bond motifs is 1. The van der Waals surface area contributed by atoms with Gasteiger partial charge in [-0.15, -0.1) is 0 Å². The zero-order chi connectivity index (χ0) is 10.4. The van der Waals surface area contributed by atoms with E-state index in [1.807, 2.05) is 18.2 Å². The fraction of sp³-hybridized carbons (Fsp3) is 0.364. The Bertz CT molecular complexity index is 549. The van der Waals surface area contributed by atoms with Crippen molar-refractivity contribution in [2.75, 3.05) is 0 Å². The van der Waals surface area contributed by atoms with Crippen LogP contribution >= 0.6 is 0 Å². The fourth-order valence-electron chi connectivity index (χ4n) is 2.08. The second-order valence-electron chi connectivity index (χ2n) is 4.13. The van der Waals surface area contributed by atoms with Crippen molar-refractivity contribution in [3.05, 3.63) is 34.3 Å². The van der Waals surface area contributed by atoms with Gasteiger partial charge in [0.15, 0.2) is 5.58 Å². The van der Waals surface area contributed by atoms with Gasteiger partial charge in [0.05, 0.1) is 5.52 Å². The van der Waals surface area contributed by atoms with Crippen molar-refractivity contribution in [1.82, 2.24) is 10.3 Å². The molecule has 0 amide bonds. The van der Waals surface area contributed by atoms with Gasteiger partial charge in [-0.25, -0.2) is 4.79 Å². The van der Waals surface area contributed by atoms with E-state index in [1.165, 1.54) is 5.56 Å². The lowest BCUT2D eigenvalue weighted by molar-refractivity contribution is 0.288. The lowest BCUT2D eigenvalue weighted by Crippen LogP contribution is -2.43. The van der Waals surface area contributed by atoms with Crippen molar-refractivity contribution < 1.29 is 4.42 Å². The zero-order valence-electron chi connectivity index (χ0n) is 8.41. The topological polar surface area (TPSA) is 58.0 Å². The minimum absolute atomic E-state index is 0.392. The second-order valence-corrected chi connectivity index (χ2v) is 4.13. The van der Waals surface area contributed by atoms with Crippen LogP contribution < -0.4 is 11.1 Å². The number of aromatic amines is 1. The summed E-state index contributed by atoms with van der Waals surface area (Å²) < 4.78 is 5.02. The molecule has 0 spiro atoms. The molecule has 2 heterocycles. The average molecular weight is 204 g/mol. The third kappa shape index (κ3) is 1.37. The third-order valence-electron chi connectivity index (χ3n) is 2.92. The van der Waals surface area contributed by atoms with E-state index in [1.54, 1.807) is 0 Å². The SMILES string of the molecule is CC1CC(c2ccc3[nH]c(=O)oc3c2)N1. The van der Waals surface area contributed by atoms with Crippen molar-refractivity contribution in [3.8, 4) is 0 Å². The van der Waals surface area contributed by atoms with Gasteiger partial charge < -0.3 is 9.73 Å². The Morgan fingerprint density at radius 1 is 1.47 bits per heavy atom. The van der Waals surface area contributed by atoms with Crippen molar-refractivity contribution in [2.24, 2.45) is 0 Å². The highest BCUT2D eigenvalue weighted by Gasteiger charge is 2.25. The van der Waals surface area contributed by atoms with E-state index in [0.29, 0.717) is 17.7 Å². The highest BCUT2D eigenvalue weighted by Crippen LogP contribution is 2.28. The van der Waals surface area contributed by atoms with Crippen LogP contribution in [0.3, 0.4) is 0 Å². The van der Waals surface area contributed by atoms with Crippen molar-refractivity contribution in [2.45, 2.75) is 25.4 Å². The Hall–Kier alpha value is -1.55. The molecule has 0 aliphatic carbocycles. The molecule has 0 saturated carbocycles. The molecule has 1 fully saturated rings. The van der Waals surface area contributed by atoms with E-state index in [4.69, 9.17) is 4.42 Å². The lowest BCUT2D eigenvalue weighted by Gasteiger charge is -2.35. The molecule has 78 valence electrons. The summed E-state index contributed by atoms with van der Waals surface area (Å²) in [6.07, 6.45) is 1.14. The third-order valence-corrected chi connectivity index (χ3v) is 2.92. The second kappa shape index (κ2) is 2.97. The summed E-state index contributed by atoms with van der Waals surface area (Å²) in [6, 6.07) is 6.84. The number of hydrogen-bond acceptors (Lipinski definition) is 3. The van der Waals surface area contributed by atoms with Gasteiger partial charge in [0.25, 0.3) is 0 Å². The van der Waals surface area contributed by atoms with Crippen LogP contribution in [0, 0.1) is 0 Å². The molecule has 1 aromatic heterocycles. The van der Waals surface area contributed by atoms with Crippen molar-refractivity contribution in [3.63, 3.8) is 0 Å². The van der Waals surface area contributed by atoms with E-state index in [2.05, 4.69) is 17.2 Å². The van der Waals surface area contributed by atoms with Gasteiger partial charge in [-0.1, -0.05) is 6.07 Å². The van der Waals surface area contributed by atoms with Gasteiger partial charge in [0, 0.05) is 12.1 Å². The molecule has 2 N–H and O–H groups in total. The minimum Gasteiger partial charge on any atom is -0.408 e. The van der Waals surface area contributed by atoms with Gasteiger partial charge >= 0.3 is 5.76 Å². The van der Waals surface area contributed by atoms with Gasteiger partial charge in [0.1, 0.15) is 0 Å². The molecule has 4 heteroatoms. The zero-order valence-corrected chi connectivity index (χ0v) is 8.41. The Labute approximate surface area is 86.3 Å². The van der Waals surface area contributed by atoms with Crippen LogP contribution in [-0.4, -0.2) is 11.0 Å². The van der Waals surface area contributed by atoms with Crippen LogP contribution in [0.5, 0.6) is 0 Å². The summed E-state index contributed by atoms with van der Waals surface area (Å²) in [6.45, 7) is 2.16. The molecule has 1 aliphatic rings. The van der Waals surface area contributed by atoms with Crippen LogP contribution in [0.25, 0.3) is 11.1 Å². The predicted molar refractivity (Wildman–Crippen MR) is 56.8 cm³/mol. The lowest BCUT2D eigenvalue weighted by atomic mass is 9.92. The van der Waals surface area contributed by atoms with Crippen LogP contribution in [0.1, 0.15) is 24.9 Å². The maximum atomic E-state index is 11.0. The summed E-state index contributed by atoms with van der Waals surface area (Å²) in [4.78, 5) is 13.6. The smallest absolute Gasteiger partial charge is 0.408 e. The summed E-state index contributed by atoms with van der Waals surface area (Å²) in [7, 11) is 0. The van der Waals surface area contributed by atoms with E-state index >= 15 is 0 Å². The van der Waals surface area contributed by atoms with Crippen LogP contribution in [0.2, 0.25) is 0 Å². The van der Waals surface area contributed by atoms with Gasteiger partial charge in [-0.05, 0) is 31.0 Å². The first kappa shape index (κ1) is 8.73. The van der Waals surface area contributed by atoms with Crippen molar-refractivity contribution in [1.29, 1.82) is 0 Å². The normalized spacial score (nSPS) is 25.4. The highest BCUT2D eigenvalue weighted by molar-refractivity contribution is 5.72. The van der Waals surface area contributed by atoms with Crippen molar-refractivity contribution >= 4 is 11.1 Å². The van der Waals surface area contributed by atoms with Crippen LogP contribution in [-0.2, 0) is 0 Å². The number of rotatable bonds is 1. The van der Waals surface area contributed by atoms with Gasteiger partial charge in [0.2, 0.25) is 0 Å². The molecule has 2 atom stereocenters. The molecule has 4 nitrogen and oxygen atoms in total. The number of hydrogen-bond donors (Lipinski definition) is 2. The molecule has 2 unspecified atom stereocenters. The molecule has 1 saturated heterocycles. The summed E-state index contributed by atoms with van der Waals surface area (Å²) in [5.41, 5.74) is 2.58. The summed E-state index contributed by atoms with van der Waals surface area (Å²) in [5, 5.41) is 3.40. The maximum Gasteiger partial charge on any atom is 0.417 e. The first-order valence-corrected chi connectivity index (χ1v) is 5.11. The molecular weight excluding hydrogens is 192 g/mol. The number of H-pyrrole nitrogens is 1. The monoisotopic (exact) mass is 204 g/mol. The van der Waals surface area contributed by atoms with E-state index < -0.39 is 5.76 Å². The first-order valence-electron chi connectivity index (χ1n) is 5.11. The van der Waals surface area contributed by atoms with E-state index in [9.17, 15) is 4.79 Å². The number of nitrogens with one attached hydrogen (secondary N) is 2. The Morgan fingerprint density at radius 2 is 2.27 bits per heavy atom. The molecule has 15 heavy (non-hydrogen) atoms. The summed E-state index contributed by atoms with van der Waals surface area (Å²) in [5.74, 6) is -0.392. The van der Waals surface area contributed by atoms with Gasteiger partial charge in [-0.3, -0.25) is 4.98 Å². The molecule has 3 rings (SSSR count). The summed E-state index contributed by atoms with van der Waals surface area (Å²) >= 11 is 0. The number of aromatic nitrogens is 1. The molecular formula is C11H12N2O2. The largest absolute Gasteiger partial charge is 0.417 e. The molecule has 1 aromatic carbocycles. The Morgan fingerprint density at radius 3 is 3.00 bits per heavy atom. The predicted octanol–water partition coefficient (Wildman–Crippen LogP) is 1.54. The molecule has 0 bridgehead atoms. The molecule has 1 aliphatic heterocycles. The maximum absolute atomic E-state index is 11.0. The number of oxazole rings is 1. The Kier molecular flexibility index (Phi) is 1.73. The Balaban J connectivity index is 2.02. The first-order chi connectivity index (χ1) is 7.22. The van der Waals surface area contributed by atoms with E-state index in [0.717, 1.165) is 11.9 Å². The molecule has 2 aromatic rings. The fourth-order valence-corrected chi connectivity index (χ4v) is 2.08. The van der Waals surface area contributed by atoms with Crippen LogP contribution in [0.4, 0.5) is 0 Å². The standard InChI is InChI=1S/C11H12N2O2/c1-6-4-9(12-6)7-2-3-8-10(5-7)15-11(14)13-8/h2-3,5-6,9,12H,4H2,1H3,(H,13,14). The number of benzene rings is 1. The highest BCUT2D eigenvalue weighted by atomic mass is 16.4. The van der Waals surface area contributed by atoms with E-state index in [-0.39, 0.29) is 0 Å². The van der Waals surface area contributed by atoms with Crippen LogP contribution in [0.15, 0.2) is 27.4 Å². The quantitative estimate of drug-likeness (QED) is 0.740.